The van der Waals surface area contributed by atoms with E-state index in [-0.39, 0.29) is 11.4 Å². The zero-order chi connectivity index (χ0) is 31.4. The van der Waals surface area contributed by atoms with Gasteiger partial charge < -0.3 is 30.2 Å². The third-order valence-corrected chi connectivity index (χ3v) is 9.23. The Morgan fingerprint density at radius 2 is 1.80 bits per heavy atom. The predicted octanol–water partition coefficient (Wildman–Crippen LogP) is 6.00. The fourth-order valence-electron chi connectivity index (χ4n) is 6.63. The van der Waals surface area contributed by atoms with Crippen LogP contribution in [-0.4, -0.2) is 59.6 Å². The van der Waals surface area contributed by atoms with E-state index in [1.54, 1.807) is 14.2 Å². The molecule has 1 fully saturated rings. The number of carbonyl (C=O) groups excluding carboxylic acids is 1. The molecule has 44 heavy (non-hydrogen) atoms. The van der Waals surface area contributed by atoms with Gasteiger partial charge in [-0.25, -0.2) is 4.79 Å². The van der Waals surface area contributed by atoms with E-state index in [0.29, 0.717) is 50.0 Å². The van der Waals surface area contributed by atoms with Crippen LogP contribution in [0.2, 0.25) is 0 Å². The molecule has 0 bridgehead atoms. The third kappa shape index (κ3) is 9.51. The van der Waals surface area contributed by atoms with Gasteiger partial charge >= 0.3 is 6.03 Å². The highest BCUT2D eigenvalue weighted by molar-refractivity contribution is 5.77. The molecule has 0 spiro atoms. The number of amides is 2. The number of nitrogens with one attached hydrogen (secondary N) is 3. The quantitative estimate of drug-likeness (QED) is 0.233. The highest BCUT2D eigenvalue weighted by Crippen LogP contribution is 2.44. The van der Waals surface area contributed by atoms with Crippen molar-refractivity contribution in [2.24, 2.45) is 29.1 Å². The van der Waals surface area contributed by atoms with Crippen LogP contribution in [0.4, 0.5) is 4.79 Å². The second-order valence-corrected chi connectivity index (χ2v) is 12.9. The van der Waals surface area contributed by atoms with Crippen LogP contribution in [0.25, 0.3) is 5.57 Å². The molecule has 5 unspecified atom stereocenters. The van der Waals surface area contributed by atoms with Gasteiger partial charge in [0.15, 0.2) is 0 Å². The molecule has 240 valence electrons. The lowest BCUT2D eigenvalue weighted by molar-refractivity contribution is -0.0252. The zero-order valence-corrected chi connectivity index (χ0v) is 27.4. The maximum Gasteiger partial charge on any atom is 0.314 e. The van der Waals surface area contributed by atoms with Crippen molar-refractivity contribution in [3.63, 3.8) is 0 Å². The van der Waals surface area contributed by atoms with Crippen LogP contribution >= 0.6 is 0 Å². The van der Waals surface area contributed by atoms with Crippen molar-refractivity contribution >= 4 is 11.6 Å². The molecule has 7 heteroatoms. The molecule has 0 radical (unpaired) electrons. The Morgan fingerprint density at radius 3 is 2.50 bits per heavy atom. The van der Waals surface area contributed by atoms with Crippen molar-refractivity contribution < 1.29 is 19.0 Å². The Labute approximate surface area is 264 Å². The predicted molar refractivity (Wildman–Crippen MR) is 178 cm³/mol. The second kappa shape index (κ2) is 16.9. The first-order valence-corrected chi connectivity index (χ1v) is 16.2. The number of rotatable bonds is 15. The van der Waals surface area contributed by atoms with E-state index < -0.39 is 0 Å². The number of hydrogen-bond acceptors (Lipinski definition) is 5. The van der Waals surface area contributed by atoms with E-state index in [9.17, 15) is 4.79 Å². The van der Waals surface area contributed by atoms with Crippen LogP contribution in [-0.2, 0) is 33.8 Å². The summed E-state index contributed by atoms with van der Waals surface area (Å²) in [5, 5.41) is 9.20. The van der Waals surface area contributed by atoms with Gasteiger partial charge in [0.2, 0.25) is 0 Å². The third-order valence-electron chi connectivity index (χ3n) is 9.23. The maximum atomic E-state index is 11.6. The molecule has 0 saturated carbocycles. The van der Waals surface area contributed by atoms with Crippen LogP contribution in [0.1, 0.15) is 49.4 Å². The van der Waals surface area contributed by atoms with Gasteiger partial charge in [0, 0.05) is 26.6 Å². The Kier molecular flexibility index (Phi) is 13.0. The minimum Gasteiger partial charge on any atom is -0.384 e. The molecule has 2 aromatic rings. The largest absolute Gasteiger partial charge is 0.384 e. The Bertz CT molecular complexity index is 1240. The SMILES string of the molecule is CNC(=O)NCCc1ccccc1C1=CC(C)C(C2CNCCC2(C)COCc2ccc(COCC(C)COC)cc2)C=C1. The lowest BCUT2D eigenvalue weighted by atomic mass is 9.63. The van der Waals surface area contributed by atoms with Crippen LogP contribution in [0.3, 0.4) is 0 Å². The maximum absolute atomic E-state index is 11.6. The van der Waals surface area contributed by atoms with Crippen LogP contribution < -0.4 is 16.0 Å². The molecular formula is C37H53N3O4. The van der Waals surface area contributed by atoms with Gasteiger partial charge in [0.1, 0.15) is 0 Å². The van der Waals surface area contributed by atoms with Gasteiger partial charge in [-0.15, -0.1) is 0 Å². The highest BCUT2D eigenvalue weighted by atomic mass is 16.5. The molecule has 1 aliphatic heterocycles. The van der Waals surface area contributed by atoms with E-state index in [1.807, 2.05) is 0 Å². The van der Waals surface area contributed by atoms with Crippen molar-refractivity contribution in [1.82, 2.24) is 16.0 Å². The van der Waals surface area contributed by atoms with E-state index in [1.165, 1.54) is 27.8 Å². The summed E-state index contributed by atoms with van der Waals surface area (Å²) in [5.74, 6) is 1.72. The lowest BCUT2D eigenvalue weighted by Crippen LogP contribution is -2.50. The van der Waals surface area contributed by atoms with Gasteiger partial charge in [-0.1, -0.05) is 87.5 Å². The second-order valence-electron chi connectivity index (χ2n) is 12.9. The van der Waals surface area contributed by atoms with E-state index in [4.69, 9.17) is 14.2 Å². The topological polar surface area (TPSA) is 80.9 Å². The van der Waals surface area contributed by atoms with Crippen molar-refractivity contribution in [3.8, 4) is 0 Å². The summed E-state index contributed by atoms with van der Waals surface area (Å²) in [7, 11) is 3.37. The van der Waals surface area contributed by atoms with Crippen molar-refractivity contribution in [3.05, 3.63) is 89.0 Å². The van der Waals surface area contributed by atoms with Crippen LogP contribution in [0.15, 0.2) is 66.8 Å². The molecule has 1 aliphatic carbocycles. The number of hydrogen-bond donors (Lipinski definition) is 3. The molecule has 4 rings (SSSR count). The highest BCUT2D eigenvalue weighted by Gasteiger charge is 2.42. The van der Waals surface area contributed by atoms with E-state index in [2.05, 4.69) is 103 Å². The summed E-state index contributed by atoms with van der Waals surface area (Å²) in [6.07, 6.45) is 9.08. The average Bonchev–Trinajstić information content (AvgIpc) is 3.02. The monoisotopic (exact) mass is 603 g/mol. The smallest absolute Gasteiger partial charge is 0.314 e. The number of carbonyl (C=O) groups is 1. The molecule has 7 nitrogen and oxygen atoms in total. The minimum atomic E-state index is -0.147. The van der Waals surface area contributed by atoms with Crippen LogP contribution in [0.5, 0.6) is 0 Å². The van der Waals surface area contributed by atoms with Gasteiger partial charge in [-0.05, 0) is 76.9 Å². The summed E-state index contributed by atoms with van der Waals surface area (Å²) in [5.41, 5.74) is 6.23. The summed E-state index contributed by atoms with van der Waals surface area (Å²) in [6.45, 7) is 12.9. The molecular weight excluding hydrogens is 550 g/mol. The molecule has 2 aliphatic rings. The first kappa shape index (κ1) is 33.9. The molecule has 1 heterocycles. The van der Waals surface area contributed by atoms with Crippen LogP contribution in [0, 0.1) is 29.1 Å². The van der Waals surface area contributed by atoms with Crippen molar-refractivity contribution in [2.45, 2.75) is 46.8 Å². The van der Waals surface area contributed by atoms with Gasteiger partial charge in [0.05, 0.1) is 33.0 Å². The fraction of sp³-hybridized carbons (Fsp3) is 0.541. The van der Waals surface area contributed by atoms with E-state index >= 15 is 0 Å². The van der Waals surface area contributed by atoms with Gasteiger partial charge in [-0.2, -0.15) is 0 Å². The first-order chi connectivity index (χ1) is 21.3. The van der Waals surface area contributed by atoms with Crippen molar-refractivity contribution in [1.29, 1.82) is 0 Å². The number of urea groups is 1. The van der Waals surface area contributed by atoms with Crippen molar-refractivity contribution in [2.75, 3.05) is 53.6 Å². The normalized spacial score (nSPS) is 24.0. The fourth-order valence-corrected chi connectivity index (χ4v) is 6.63. The summed E-state index contributed by atoms with van der Waals surface area (Å²) < 4.78 is 17.5. The molecule has 5 atom stereocenters. The molecule has 2 amide bonds. The molecule has 0 aromatic heterocycles. The Balaban J connectivity index is 1.32. The number of piperidine rings is 1. The lowest BCUT2D eigenvalue weighted by Gasteiger charge is -2.47. The van der Waals surface area contributed by atoms with E-state index in [0.717, 1.165) is 39.1 Å². The Morgan fingerprint density at radius 1 is 1.07 bits per heavy atom. The Hall–Kier alpha value is -2.97. The standard InChI is InChI=1S/C37H53N3O4/c1-27(22-42-5)23-43-24-29-10-12-30(13-11-29)25-44-26-37(3)17-19-39-21-35(37)33-15-14-32(20-28(33)2)34-9-7-6-8-31(34)16-18-40-36(41)38-4/h6-15,20,27-28,33,35,39H,16-19,21-26H2,1-5H3,(H2,38,40,41). The number of methoxy groups -OCH3 is 1. The summed E-state index contributed by atoms with van der Waals surface area (Å²) in [6, 6.07) is 17.0. The zero-order valence-electron chi connectivity index (χ0n) is 27.4. The minimum absolute atomic E-state index is 0.0932. The van der Waals surface area contributed by atoms with Gasteiger partial charge in [-0.3, -0.25) is 0 Å². The summed E-state index contributed by atoms with van der Waals surface area (Å²) in [4.78, 5) is 11.6. The molecule has 1 saturated heterocycles. The molecule has 3 N–H and O–H groups in total. The first-order valence-electron chi connectivity index (χ1n) is 16.2. The summed E-state index contributed by atoms with van der Waals surface area (Å²) >= 11 is 0. The number of allylic oxidation sites excluding steroid dienone is 4. The number of ether oxygens (including phenoxy) is 3. The van der Waals surface area contributed by atoms with Gasteiger partial charge in [0.25, 0.3) is 0 Å². The number of benzene rings is 2. The molecule has 2 aromatic carbocycles. The average molecular weight is 604 g/mol.